The van der Waals surface area contributed by atoms with Crippen molar-refractivity contribution in [3.63, 3.8) is 0 Å². The number of nitrogens with zero attached hydrogens (tertiary/aromatic N) is 1. The Kier molecular flexibility index (Phi) is 5.15. The van der Waals surface area contributed by atoms with Gasteiger partial charge < -0.3 is 15.3 Å². The van der Waals surface area contributed by atoms with Crippen LogP contribution in [0.15, 0.2) is 24.3 Å². The van der Waals surface area contributed by atoms with Gasteiger partial charge in [0.15, 0.2) is 0 Å². The molecule has 0 spiro atoms. The molecule has 1 aliphatic heterocycles. The number of carbonyl (C=O) groups is 1. The molecule has 20 heavy (non-hydrogen) atoms. The van der Waals surface area contributed by atoms with Gasteiger partial charge in [0.25, 0.3) is 0 Å². The molecule has 1 aromatic carbocycles. The molecular weight excluding hydrogens is 252 g/mol. The van der Waals surface area contributed by atoms with E-state index in [2.05, 4.69) is 24.1 Å². The fourth-order valence-electron chi connectivity index (χ4n) is 2.73. The summed E-state index contributed by atoms with van der Waals surface area (Å²) in [5.41, 5.74) is 1.39. The van der Waals surface area contributed by atoms with Gasteiger partial charge in [-0.1, -0.05) is 12.1 Å². The minimum Gasteiger partial charge on any atom is -0.478 e. The predicted molar refractivity (Wildman–Crippen MR) is 79.9 cm³/mol. The zero-order chi connectivity index (χ0) is 14.5. The maximum atomic E-state index is 10.9. The van der Waals surface area contributed by atoms with Gasteiger partial charge in [0.05, 0.1) is 5.56 Å². The fraction of sp³-hybridized carbons (Fsp3) is 0.562. The van der Waals surface area contributed by atoms with Crippen molar-refractivity contribution in [3.8, 4) is 0 Å². The lowest BCUT2D eigenvalue weighted by Gasteiger charge is -2.20. The molecule has 1 unspecified atom stereocenters. The van der Waals surface area contributed by atoms with Crippen molar-refractivity contribution in [2.24, 2.45) is 5.92 Å². The van der Waals surface area contributed by atoms with E-state index >= 15 is 0 Å². The number of nitrogens with one attached hydrogen (secondary N) is 1. The number of carboxylic acid groups (broad SMARTS) is 1. The SMILES string of the molecule is CC(C)N1CCC(CNCc2cccc(C(=O)O)c2)C1. The maximum Gasteiger partial charge on any atom is 0.335 e. The summed E-state index contributed by atoms with van der Waals surface area (Å²) >= 11 is 0. The van der Waals surface area contributed by atoms with Crippen LogP contribution in [0.4, 0.5) is 0 Å². The van der Waals surface area contributed by atoms with Crippen molar-refractivity contribution in [3.05, 3.63) is 35.4 Å². The highest BCUT2D eigenvalue weighted by Crippen LogP contribution is 2.17. The molecule has 0 amide bonds. The molecule has 2 N–H and O–H groups in total. The number of benzene rings is 1. The monoisotopic (exact) mass is 276 g/mol. The van der Waals surface area contributed by atoms with Gasteiger partial charge in [-0.2, -0.15) is 0 Å². The van der Waals surface area contributed by atoms with Gasteiger partial charge in [0.2, 0.25) is 0 Å². The first-order chi connectivity index (χ1) is 9.56. The van der Waals surface area contributed by atoms with Crippen LogP contribution in [0.2, 0.25) is 0 Å². The summed E-state index contributed by atoms with van der Waals surface area (Å²) in [5.74, 6) is -0.157. The largest absolute Gasteiger partial charge is 0.478 e. The summed E-state index contributed by atoms with van der Waals surface area (Å²) in [6, 6.07) is 7.77. The second-order valence-corrected chi connectivity index (χ2v) is 5.88. The van der Waals surface area contributed by atoms with Gasteiger partial charge in [0, 0.05) is 19.1 Å². The lowest BCUT2D eigenvalue weighted by Crippen LogP contribution is -2.30. The van der Waals surface area contributed by atoms with Crippen LogP contribution in [-0.2, 0) is 6.54 Å². The summed E-state index contributed by atoms with van der Waals surface area (Å²) in [6.07, 6.45) is 1.25. The molecule has 1 saturated heterocycles. The highest BCUT2D eigenvalue weighted by Gasteiger charge is 2.23. The summed E-state index contributed by atoms with van der Waals surface area (Å²) in [5, 5.41) is 12.4. The van der Waals surface area contributed by atoms with E-state index < -0.39 is 5.97 Å². The molecule has 1 aliphatic rings. The van der Waals surface area contributed by atoms with Crippen molar-refractivity contribution < 1.29 is 9.90 Å². The van der Waals surface area contributed by atoms with Crippen LogP contribution in [0, 0.1) is 5.92 Å². The zero-order valence-corrected chi connectivity index (χ0v) is 12.3. The van der Waals surface area contributed by atoms with E-state index in [1.165, 1.54) is 19.5 Å². The zero-order valence-electron chi connectivity index (χ0n) is 12.3. The van der Waals surface area contributed by atoms with Crippen molar-refractivity contribution in [2.45, 2.75) is 32.9 Å². The second kappa shape index (κ2) is 6.86. The molecule has 0 bridgehead atoms. The Hall–Kier alpha value is -1.39. The van der Waals surface area contributed by atoms with Gasteiger partial charge in [-0.15, -0.1) is 0 Å². The van der Waals surface area contributed by atoms with Gasteiger partial charge in [-0.05, 0) is 57.0 Å². The Morgan fingerprint density at radius 2 is 2.30 bits per heavy atom. The summed E-state index contributed by atoms with van der Waals surface area (Å²) in [6.45, 7) is 8.58. The number of aromatic carboxylic acids is 1. The third-order valence-electron chi connectivity index (χ3n) is 3.98. The number of likely N-dealkylation sites (tertiary alicyclic amines) is 1. The minimum atomic E-state index is -0.866. The Morgan fingerprint density at radius 1 is 1.50 bits per heavy atom. The standard InChI is InChI=1S/C16H24N2O2/c1-12(2)18-7-6-14(11-18)10-17-9-13-4-3-5-15(8-13)16(19)20/h3-5,8,12,14,17H,6-7,9-11H2,1-2H3,(H,19,20). The summed E-state index contributed by atoms with van der Waals surface area (Å²) in [4.78, 5) is 13.4. The Labute approximate surface area is 120 Å². The van der Waals surface area contributed by atoms with E-state index in [1.54, 1.807) is 18.2 Å². The van der Waals surface area contributed by atoms with Crippen LogP contribution in [0.25, 0.3) is 0 Å². The average molecular weight is 276 g/mol. The van der Waals surface area contributed by atoms with Crippen LogP contribution >= 0.6 is 0 Å². The first-order valence-electron chi connectivity index (χ1n) is 7.33. The average Bonchev–Trinajstić information content (AvgIpc) is 2.88. The third kappa shape index (κ3) is 4.05. The molecule has 1 aromatic rings. The quantitative estimate of drug-likeness (QED) is 0.836. The highest BCUT2D eigenvalue weighted by molar-refractivity contribution is 5.87. The normalized spacial score (nSPS) is 19.6. The van der Waals surface area contributed by atoms with Gasteiger partial charge in [-0.25, -0.2) is 4.79 Å². The first-order valence-corrected chi connectivity index (χ1v) is 7.33. The number of rotatable bonds is 6. The van der Waals surface area contributed by atoms with Crippen molar-refractivity contribution >= 4 is 5.97 Å². The predicted octanol–water partition coefficient (Wildman–Crippen LogP) is 2.20. The van der Waals surface area contributed by atoms with E-state index in [0.717, 1.165) is 18.7 Å². The molecule has 0 aromatic heterocycles. The molecule has 1 atom stereocenters. The van der Waals surface area contributed by atoms with Crippen LogP contribution < -0.4 is 5.32 Å². The topological polar surface area (TPSA) is 52.6 Å². The van der Waals surface area contributed by atoms with Crippen LogP contribution in [-0.4, -0.2) is 41.7 Å². The summed E-state index contributed by atoms with van der Waals surface area (Å²) < 4.78 is 0. The van der Waals surface area contributed by atoms with Gasteiger partial charge in [-0.3, -0.25) is 0 Å². The van der Waals surface area contributed by atoms with Crippen LogP contribution in [0.3, 0.4) is 0 Å². The Balaban J connectivity index is 1.76. The van der Waals surface area contributed by atoms with Crippen molar-refractivity contribution in [2.75, 3.05) is 19.6 Å². The second-order valence-electron chi connectivity index (χ2n) is 5.88. The molecule has 1 fully saturated rings. The maximum absolute atomic E-state index is 10.9. The van der Waals surface area contributed by atoms with Crippen molar-refractivity contribution in [1.29, 1.82) is 0 Å². The Bertz CT molecular complexity index is 460. The minimum absolute atomic E-state index is 0.358. The van der Waals surface area contributed by atoms with E-state index in [0.29, 0.717) is 17.5 Å². The fourth-order valence-corrected chi connectivity index (χ4v) is 2.73. The lowest BCUT2D eigenvalue weighted by molar-refractivity contribution is 0.0696. The molecule has 0 saturated carbocycles. The van der Waals surface area contributed by atoms with Crippen molar-refractivity contribution in [1.82, 2.24) is 10.2 Å². The third-order valence-corrected chi connectivity index (χ3v) is 3.98. The van der Waals surface area contributed by atoms with Crippen LogP contribution in [0.1, 0.15) is 36.2 Å². The molecule has 110 valence electrons. The lowest BCUT2D eigenvalue weighted by atomic mass is 10.1. The first kappa shape index (κ1) is 15.0. The molecule has 1 heterocycles. The smallest absolute Gasteiger partial charge is 0.335 e. The van der Waals surface area contributed by atoms with E-state index in [9.17, 15) is 4.79 Å². The van der Waals surface area contributed by atoms with Gasteiger partial charge >= 0.3 is 5.97 Å². The molecular formula is C16H24N2O2. The van der Waals surface area contributed by atoms with Crippen LogP contribution in [0.5, 0.6) is 0 Å². The molecule has 0 radical (unpaired) electrons. The molecule has 2 rings (SSSR count). The molecule has 4 nitrogen and oxygen atoms in total. The molecule has 0 aliphatic carbocycles. The Morgan fingerprint density at radius 3 is 2.95 bits per heavy atom. The van der Waals surface area contributed by atoms with Gasteiger partial charge in [0.1, 0.15) is 0 Å². The molecule has 4 heteroatoms. The highest BCUT2D eigenvalue weighted by atomic mass is 16.4. The number of carboxylic acids is 1. The number of hydrogen-bond acceptors (Lipinski definition) is 3. The van der Waals surface area contributed by atoms with E-state index in [-0.39, 0.29) is 0 Å². The summed E-state index contributed by atoms with van der Waals surface area (Å²) in [7, 11) is 0. The van der Waals surface area contributed by atoms with E-state index in [1.807, 2.05) is 6.07 Å². The number of hydrogen-bond donors (Lipinski definition) is 2. The van der Waals surface area contributed by atoms with E-state index in [4.69, 9.17) is 5.11 Å².